The van der Waals surface area contributed by atoms with E-state index in [0.717, 1.165) is 0 Å². The van der Waals surface area contributed by atoms with Gasteiger partial charge in [-0.2, -0.15) is 11.8 Å². The van der Waals surface area contributed by atoms with Crippen molar-refractivity contribution in [3.63, 3.8) is 0 Å². The van der Waals surface area contributed by atoms with Crippen LogP contribution in [0.25, 0.3) is 0 Å². The van der Waals surface area contributed by atoms with Gasteiger partial charge in [-0.1, -0.05) is 20.3 Å². The van der Waals surface area contributed by atoms with Crippen molar-refractivity contribution in [2.24, 2.45) is 11.7 Å². The third-order valence-corrected chi connectivity index (χ3v) is 4.34. The minimum Gasteiger partial charge on any atom is -0.326 e. The largest absolute Gasteiger partial charge is 0.326 e. The highest BCUT2D eigenvalue weighted by Crippen LogP contribution is 2.21. The Hall–Kier alpha value is 0.270. The summed E-state index contributed by atoms with van der Waals surface area (Å²) >= 11 is 2.05. The number of likely N-dealkylation sites (N-methyl/N-ethyl adjacent to an activating group) is 1. The summed E-state index contributed by atoms with van der Waals surface area (Å²) in [5, 5.41) is 0. The molecule has 1 heterocycles. The minimum atomic E-state index is 0.354. The van der Waals surface area contributed by atoms with Gasteiger partial charge in [-0.15, -0.1) is 0 Å². The van der Waals surface area contributed by atoms with E-state index in [1.54, 1.807) is 0 Å². The monoisotopic (exact) mass is 216 g/mol. The highest BCUT2D eigenvalue weighted by Gasteiger charge is 2.28. The highest BCUT2D eigenvalue weighted by atomic mass is 32.2. The average molecular weight is 216 g/mol. The van der Waals surface area contributed by atoms with Crippen molar-refractivity contribution in [2.45, 2.75) is 38.8 Å². The molecule has 1 fully saturated rings. The Morgan fingerprint density at radius 1 is 1.57 bits per heavy atom. The summed E-state index contributed by atoms with van der Waals surface area (Å²) in [6.07, 6.45) is 2.51. The molecule has 1 rings (SSSR count). The third kappa shape index (κ3) is 3.14. The van der Waals surface area contributed by atoms with Crippen molar-refractivity contribution in [1.29, 1.82) is 0 Å². The molecule has 2 N–H and O–H groups in total. The van der Waals surface area contributed by atoms with Crippen molar-refractivity contribution in [1.82, 2.24) is 4.90 Å². The first kappa shape index (κ1) is 12.3. The Kier molecular flexibility index (Phi) is 5.28. The summed E-state index contributed by atoms with van der Waals surface area (Å²) in [5.74, 6) is 3.14. The molecular weight excluding hydrogens is 192 g/mol. The lowest BCUT2D eigenvalue weighted by molar-refractivity contribution is 0.200. The van der Waals surface area contributed by atoms with Crippen LogP contribution >= 0.6 is 11.8 Å². The molecule has 0 aliphatic carbocycles. The van der Waals surface area contributed by atoms with E-state index >= 15 is 0 Å². The van der Waals surface area contributed by atoms with Gasteiger partial charge < -0.3 is 10.6 Å². The van der Waals surface area contributed by atoms with Crippen LogP contribution in [-0.2, 0) is 0 Å². The van der Waals surface area contributed by atoms with Crippen LogP contribution in [-0.4, -0.2) is 42.1 Å². The average Bonchev–Trinajstić information content (AvgIpc) is 2.18. The molecule has 3 unspecified atom stereocenters. The molecule has 3 atom stereocenters. The van der Waals surface area contributed by atoms with E-state index in [9.17, 15) is 0 Å². The van der Waals surface area contributed by atoms with Crippen LogP contribution < -0.4 is 5.73 Å². The molecule has 0 aromatic rings. The summed E-state index contributed by atoms with van der Waals surface area (Å²) in [6.45, 7) is 5.73. The molecule has 0 saturated carbocycles. The lowest BCUT2D eigenvalue weighted by Crippen LogP contribution is -2.53. The van der Waals surface area contributed by atoms with E-state index in [2.05, 4.69) is 25.8 Å². The Balaban J connectivity index is 2.44. The van der Waals surface area contributed by atoms with Gasteiger partial charge in [-0.05, 0) is 19.4 Å². The number of nitrogens with two attached hydrogens (primary N) is 1. The summed E-state index contributed by atoms with van der Waals surface area (Å²) < 4.78 is 0. The molecule has 84 valence electrons. The van der Waals surface area contributed by atoms with Gasteiger partial charge in [0.25, 0.3) is 0 Å². The van der Waals surface area contributed by atoms with Gasteiger partial charge in [0.2, 0.25) is 0 Å². The fourth-order valence-electron chi connectivity index (χ4n) is 2.14. The summed E-state index contributed by atoms with van der Waals surface area (Å²) in [4.78, 5) is 2.44. The van der Waals surface area contributed by atoms with Gasteiger partial charge >= 0.3 is 0 Å². The van der Waals surface area contributed by atoms with Crippen LogP contribution in [0, 0.1) is 5.92 Å². The second-order valence-corrected chi connectivity index (χ2v) is 5.62. The van der Waals surface area contributed by atoms with Gasteiger partial charge in [0.1, 0.15) is 0 Å². The standard InChI is InChI=1S/C11H24N2S/c1-4-5-9(2)11(12)10-8-14-7-6-13(10)3/h9-11H,4-8,12H2,1-3H3. The molecule has 2 nitrogen and oxygen atoms in total. The van der Waals surface area contributed by atoms with Crippen molar-refractivity contribution >= 4 is 11.8 Å². The van der Waals surface area contributed by atoms with Crippen molar-refractivity contribution in [3.05, 3.63) is 0 Å². The van der Waals surface area contributed by atoms with E-state index in [4.69, 9.17) is 5.73 Å². The van der Waals surface area contributed by atoms with Gasteiger partial charge in [0, 0.05) is 30.1 Å². The molecule has 1 saturated heterocycles. The lowest BCUT2D eigenvalue weighted by Gasteiger charge is -2.38. The number of rotatable bonds is 4. The molecule has 14 heavy (non-hydrogen) atoms. The lowest BCUT2D eigenvalue weighted by atomic mass is 9.92. The van der Waals surface area contributed by atoms with Crippen molar-refractivity contribution in [3.8, 4) is 0 Å². The molecule has 1 aliphatic rings. The van der Waals surface area contributed by atoms with Gasteiger partial charge in [0.15, 0.2) is 0 Å². The van der Waals surface area contributed by atoms with Crippen LogP contribution in [0.3, 0.4) is 0 Å². The van der Waals surface area contributed by atoms with E-state index in [1.165, 1.54) is 30.9 Å². The van der Waals surface area contributed by atoms with E-state index in [-0.39, 0.29) is 0 Å². The molecule has 1 aliphatic heterocycles. The molecular formula is C11H24N2S. The quantitative estimate of drug-likeness (QED) is 0.777. The fourth-order valence-corrected chi connectivity index (χ4v) is 3.44. The molecule has 0 spiro atoms. The maximum Gasteiger partial charge on any atom is 0.0337 e. The van der Waals surface area contributed by atoms with Gasteiger partial charge in [0.05, 0.1) is 0 Å². The van der Waals surface area contributed by atoms with Crippen LogP contribution in [0.15, 0.2) is 0 Å². The molecule has 0 aromatic carbocycles. The van der Waals surface area contributed by atoms with E-state index in [1.807, 2.05) is 11.8 Å². The summed E-state index contributed by atoms with van der Waals surface area (Å²) in [6, 6.07) is 0.947. The van der Waals surface area contributed by atoms with Crippen LogP contribution in [0.4, 0.5) is 0 Å². The Bertz CT molecular complexity index is 163. The number of nitrogens with zero attached hydrogens (tertiary/aromatic N) is 1. The van der Waals surface area contributed by atoms with Gasteiger partial charge in [-0.25, -0.2) is 0 Å². The minimum absolute atomic E-state index is 0.354. The normalized spacial score (nSPS) is 28.7. The topological polar surface area (TPSA) is 29.3 Å². The van der Waals surface area contributed by atoms with Crippen LogP contribution in [0.1, 0.15) is 26.7 Å². The maximum absolute atomic E-state index is 6.31. The van der Waals surface area contributed by atoms with Crippen LogP contribution in [0.5, 0.6) is 0 Å². The molecule has 0 amide bonds. The Morgan fingerprint density at radius 3 is 2.86 bits per heavy atom. The predicted molar refractivity (Wildman–Crippen MR) is 65.8 cm³/mol. The van der Waals surface area contributed by atoms with E-state index in [0.29, 0.717) is 18.0 Å². The fraction of sp³-hybridized carbons (Fsp3) is 1.00. The zero-order valence-electron chi connectivity index (χ0n) is 9.70. The zero-order chi connectivity index (χ0) is 10.6. The molecule has 0 bridgehead atoms. The van der Waals surface area contributed by atoms with Crippen LogP contribution in [0.2, 0.25) is 0 Å². The maximum atomic E-state index is 6.31. The van der Waals surface area contributed by atoms with E-state index < -0.39 is 0 Å². The van der Waals surface area contributed by atoms with Crippen molar-refractivity contribution < 1.29 is 0 Å². The number of thioether (sulfide) groups is 1. The second kappa shape index (κ2) is 5.99. The number of hydrogen-bond acceptors (Lipinski definition) is 3. The Labute approximate surface area is 92.6 Å². The predicted octanol–water partition coefficient (Wildman–Crippen LogP) is 1.80. The summed E-state index contributed by atoms with van der Waals surface area (Å²) in [7, 11) is 2.21. The summed E-state index contributed by atoms with van der Waals surface area (Å²) in [5.41, 5.74) is 6.31. The SMILES string of the molecule is CCCC(C)C(N)C1CSCCN1C. The first-order chi connectivity index (χ1) is 6.66. The first-order valence-electron chi connectivity index (χ1n) is 5.70. The third-order valence-electron chi connectivity index (χ3n) is 3.29. The first-order valence-corrected chi connectivity index (χ1v) is 6.85. The zero-order valence-corrected chi connectivity index (χ0v) is 10.5. The molecule has 0 aromatic heterocycles. The Morgan fingerprint density at radius 2 is 2.29 bits per heavy atom. The second-order valence-electron chi connectivity index (χ2n) is 4.47. The number of hydrogen-bond donors (Lipinski definition) is 1. The smallest absolute Gasteiger partial charge is 0.0337 e. The highest BCUT2D eigenvalue weighted by molar-refractivity contribution is 7.99. The van der Waals surface area contributed by atoms with Crippen molar-refractivity contribution in [2.75, 3.05) is 25.1 Å². The molecule has 0 radical (unpaired) electrons. The van der Waals surface area contributed by atoms with Gasteiger partial charge in [-0.3, -0.25) is 0 Å². The molecule has 3 heteroatoms.